The molecule has 28 heavy (non-hydrogen) atoms. The van der Waals surface area contributed by atoms with Crippen LogP contribution in [0.3, 0.4) is 0 Å². The van der Waals surface area contributed by atoms with Crippen LogP contribution >= 0.6 is 27.7 Å². The minimum absolute atomic E-state index is 0.180. The van der Waals surface area contributed by atoms with Gasteiger partial charge in [-0.1, -0.05) is 77.1 Å². The first-order valence-electron chi connectivity index (χ1n) is 8.77. The van der Waals surface area contributed by atoms with Crippen LogP contribution in [0.4, 0.5) is 0 Å². The smallest absolute Gasteiger partial charge is 0.250 e. The van der Waals surface area contributed by atoms with Crippen molar-refractivity contribution in [1.29, 1.82) is 0 Å². The van der Waals surface area contributed by atoms with Crippen molar-refractivity contribution in [3.8, 4) is 11.4 Å². The minimum atomic E-state index is -0.180. The molecule has 1 N–H and O–H groups in total. The van der Waals surface area contributed by atoms with E-state index in [-0.39, 0.29) is 11.7 Å². The van der Waals surface area contributed by atoms with Crippen LogP contribution in [-0.2, 0) is 11.8 Å². The number of carbonyl (C=O) groups excluding carboxylic acids is 1. The lowest BCUT2D eigenvalue weighted by Gasteiger charge is -2.06. The van der Waals surface area contributed by atoms with Gasteiger partial charge >= 0.3 is 0 Å². The van der Waals surface area contributed by atoms with Gasteiger partial charge in [0.1, 0.15) is 0 Å². The molecule has 6 nitrogen and oxygen atoms in total. The number of hydrogen-bond donors (Lipinski definition) is 1. The zero-order valence-electron chi connectivity index (χ0n) is 15.6. The molecule has 0 fully saturated rings. The molecule has 0 aliphatic heterocycles. The maximum Gasteiger partial charge on any atom is 0.250 e. The standard InChI is InChI=1S/C20H20BrN5OS/c1-3-17(14-7-5-4-6-8-14)22-23-18(27)13-28-20-25-24-19(26(20)2)15-9-11-16(21)12-10-15/h4-12H,3,13H2,1-2H3,(H,23,27)/b22-17+. The molecule has 2 aromatic carbocycles. The molecule has 3 aromatic rings. The third-order valence-electron chi connectivity index (χ3n) is 4.03. The summed E-state index contributed by atoms with van der Waals surface area (Å²) in [6.45, 7) is 2.01. The molecule has 1 heterocycles. The first kappa shape index (κ1) is 20.3. The van der Waals surface area contributed by atoms with Crippen molar-refractivity contribution in [1.82, 2.24) is 20.2 Å². The first-order valence-corrected chi connectivity index (χ1v) is 10.5. The van der Waals surface area contributed by atoms with Gasteiger partial charge in [-0.25, -0.2) is 5.43 Å². The van der Waals surface area contributed by atoms with Crippen molar-refractivity contribution in [2.24, 2.45) is 12.1 Å². The van der Waals surface area contributed by atoms with Gasteiger partial charge in [-0.3, -0.25) is 4.79 Å². The molecule has 1 aromatic heterocycles. The zero-order chi connectivity index (χ0) is 19.9. The van der Waals surface area contributed by atoms with Gasteiger partial charge in [0.2, 0.25) is 0 Å². The fourth-order valence-corrected chi connectivity index (χ4v) is 3.53. The number of nitrogens with zero attached hydrogens (tertiary/aromatic N) is 4. The van der Waals surface area contributed by atoms with E-state index >= 15 is 0 Å². The third-order valence-corrected chi connectivity index (χ3v) is 5.58. The number of nitrogens with one attached hydrogen (secondary N) is 1. The molecule has 0 radical (unpaired) electrons. The average Bonchev–Trinajstić information content (AvgIpc) is 3.09. The number of rotatable bonds is 7. The summed E-state index contributed by atoms with van der Waals surface area (Å²) in [7, 11) is 1.89. The summed E-state index contributed by atoms with van der Waals surface area (Å²) in [4.78, 5) is 12.2. The van der Waals surface area contributed by atoms with Crippen molar-refractivity contribution in [3.05, 3.63) is 64.6 Å². The number of aromatic nitrogens is 3. The van der Waals surface area contributed by atoms with Gasteiger partial charge in [0, 0.05) is 17.1 Å². The monoisotopic (exact) mass is 457 g/mol. The summed E-state index contributed by atoms with van der Waals surface area (Å²) in [6.07, 6.45) is 0.733. The fourth-order valence-electron chi connectivity index (χ4n) is 2.56. The van der Waals surface area contributed by atoms with Gasteiger partial charge in [0.05, 0.1) is 11.5 Å². The number of halogens is 1. The average molecular weight is 458 g/mol. The number of thioether (sulfide) groups is 1. The lowest BCUT2D eigenvalue weighted by molar-refractivity contribution is -0.118. The third kappa shape index (κ3) is 5.08. The molecular formula is C20H20BrN5OS. The Bertz CT molecular complexity index is 970. The van der Waals surface area contributed by atoms with Gasteiger partial charge in [-0.05, 0) is 24.1 Å². The van der Waals surface area contributed by atoms with Crippen LogP contribution in [0, 0.1) is 0 Å². The molecule has 0 aliphatic carbocycles. The van der Waals surface area contributed by atoms with Crippen LogP contribution in [0.1, 0.15) is 18.9 Å². The zero-order valence-corrected chi connectivity index (χ0v) is 18.0. The molecule has 0 saturated heterocycles. The number of benzene rings is 2. The SMILES string of the molecule is CC/C(=N\NC(=O)CSc1nnc(-c2ccc(Br)cc2)n1C)c1ccccc1. The van der Waals surface area contributed by atoms with Crippen LogP contribution in [0.25, 0.3) is 11.4 Å². The molecule has 0 atom stereocenters. The Morgan fingerprint density at radius 2 is 1.86 bits per heavy atom. The molecule has 3 rings (SSSR count). The van der Waals surface area contributed by atoms with Crippen molar-refractivity contribution < 1.29 is 4.79 Å². The lowest BCUT2D eigenvalue weighted by atomic mass is 10.1. The summed E-state index contributed by atoms with van der Waals surface area (Å²) in [5.74, 6) is 0.785. The normalized spacial score (nSPS) is 11.5. The van der Waals surface area contributed by atoms with Gasteiger partial charge in [-0.15, -0.1) is 10.2 Å². The van der Waals surface area contributed by atoms with Crippen LogP contribution in [0.15, 0.2) is 69.3 Å². The molecular weight excluding hydrogens is 438 g/mol. The predicted octanol–water partition coefficient (Wildman–Crippen LogP) is 4.27. The van der Waals surface area contributed by atoms with Crippen LogP contribution in [0.5, 0.6) is 0 Å². The summed E-state index contributed by atoms with van der Waals surface area (Å²) in [5, 5.41) is 13.4. The molecule has 1 amide bonds. The number of hydrogen-bond acceptors (Lipinski definition) is 5. The topological polar surface area (TPSA) is 72.2 Å². The molecule has 0 aliphatic rings. The van der Waals surface area contributed by atoms with Gasteiger partial charge < -0.3 is 4.57 Å². The molecule has 0 spiro atoms. The number of carbonyl (C=O) groups is 1. The Morgan fingerprint density at radius 3 is 2.54 bits per heavy atom. The van der Waals surface area contributed by atoms with Crippen molar-refractivity contribution in [2.75, 3.05) is 5.75 Å². The van der Waals surface area contributed by atoms with Crippen LogP contribution in [-0.4, -0.2) is 32.1 Å². The van der Waals surface area contributed by atoms with E-state index in [1.807, 2.05) is 73.1 Å². The molecule has 0 saturated carbocycles. The summed E-state index contributed by atoms with van der Waals surface area (Å²) >= 11 is 4.75. The Hall–Kier alpha value is -2.45. The molecule has 144 valence electrons. The highest BCUT2D eigenvalue weighted by atomic mass is 79.9. The predicted molar refractivity (Wildman–Crippen MR) is 116 cm³/mol. The highest BCUT2D eigenvalue weighted by Gasteiger charge is 2.13. The summed E-state index contributed by atoms with van der Waals surface area (Å²) < 4.78 is 2.89. The van der Waals surface area contributed by atoms with E-state index in [4.69, 9.17) is 0 Å². The van der Waals surface area contributed by atoms with Gasteiger partial charge in [-0.2, -0.15) is 5.10 Å². The second-order valence-electron chi connectivity index (χ2n) is 5.97. The van der Waals surface area contributed by atoms with E-state index < -0.39 is 0 Å². The van der Waals surface area contributed by atoms with E-state index in [2.05, 4.69) is 36.7 Å². The maximum atomic E-state index is 12.2. The van der Waals surface area contributed by atoms with Crippen molar-refractivity contribution >= 4 is 39.3 Å². The molecule has 0 unspecified atom stereocenters. The minimum Gasteiger partial charge on any atom is -0.305 e. The largest absolute Gasteiger partial charge is 0.305 e. The second-order valence-corrected chi connectivity index (χ2v) is 7.83. The fraction of sp³-hybridized carbons (Fsp3) is 0.200. The number of amides is 1. The first-order chi connectivity index (χ1) is 13.6. The summed E-state index contributed by atoms with van der Waals surface area (Å²) in [6, 6.07) is 17.7. The number of hydrazone groups is 1. The highest BCUT2D eigenvalue weighted by Crippen LogP contribution is 2.23. The van der Waals surface area contributed by atoms with Gasteiger partial charge in [0.25, 0.3) is 5.91 Å². The van der Waals surface area contributed by atoms with E-state index in [0.29, 0.717) is 5.16 Å². The van der Waals surface area contributed by atoms with Gasteiger partial charge in [0.15, 0.2) is 11.0 Å². The Labute approximate surface area is 176 Å². The Kier molecular flexibility index (Phi) is 7.00. The lowest BCUT2D eigenvalue weighted by Crippen LogP contribution is -2.22. The van der Waals surface area contributed by atoms with Crippen molar-refractivity contribution in [2.45, 2.75) is 18.5 Å². The Balaban J connectivity index is 1.60. The van der Waals surface area contributed by atoms with E-state index in [9.17, 15) is 4.79 Å². The second kappa shape index (κ2) is 9.66. The van der Waals surface area contributed by atoms with Crippen LogP contribution in [0.2, 0.25) is 0 Å². The van der Waals surface area contributed by atoms with E-state index in [1.54, 1.807) is 0 Å². The summed E-state index contributed by atoms with van der Waals surface area (Å²) in [5.41, 5.74) is 5.45. The van der Waals surface area contributed by atoms with E-state index in [1.165, 1.54) is 11.8 Å². The molecule has 8 heteroatoms. The Morgan fingerprint density at radius 1 is 1.14 bits per heavy atom. The quantitative estimate of drug-likeness (QED) is 0.326. The maximum absolute atomic E-state index is 12.2. The van der Waals surface area contributed by atoms with E-state index in [0.717, 1.165) is 33.6 Å². The van der Waals surface area contributed by atoms with Crippen LogP contribution < -0.4 is 5.43 Å². The molecule has 0 bridgehead atoms. The highest BCUT2D eigenvalue weighted by molar-refractivity contribution is 9.10. The van der Waals surface area contributed by atoms with Crippen molar-refractivity contribution in [3.63, 3.8) is 0 Å².